The summed E-state index contributed by atoms with van der Waals surface area (Å²) in [6.07, 6.45) is 4.82. The molecule has 0 aromatic heterocycles. The van der Waals surface area contributed by atoms with Crippen molar-refractivity contribution in [2.75, 3.05) is 45.9 Å². The quantitative estimate of drug-likeness (QED) is 0.709. The Kier molecular flexibility index (Phi) is 3.96. The molecule has 3 aliphatic rings. The number of hydrogen-bond donors (Lipinski definition) is 1. The Bertz CT molecular complexity index is 232. The van der Waals surface area contributed by atoms with Gasteiger partial charge in [-0.1, -0.05) is 0 Å². The lowest BCUT2D eigenvalue weighted by Gasteiger charge is -2.32. The average Bonchev–Trinajstić information content (AvgIpc) is 2.95. The van der Waals surface area contributed by atoms with Gasteiger partial charge in [-0.3, -0.25) is 4.90 Å². The van der Waals surface area contributed by atoms with E-state index in [4.69, 9.17) is 9.47 Å². The Morgan fingerprint density at radius 2 is 1.94 bits per heavy atom. The molecule has 0 aliphatic carbocycles. The second kappa shape index (κ2) is 5.65. The predicted molar refractivity (Wildman–Crippen MR) is 66.1 cm³/mol. The van der Waals surface area contributed by atoms with Crippen molar-refractivity contribution >= 4 is 0 Å². The van der Waals surface area contributed by atoms with E-state index < -0.39 is 0 Å². The summed E-state index contributed by atoms with van der Waals surface area (Å²) in [5.74, 6) is 0.746. The number of ether oxygens (including phenoxy) is 2. The molecule has 3 rings (SSSR count). The molecule has 3 saturated heterocycles. The molecule has 3 heterocycles. The molecule has 0 radical (unpaired) electrons. The summed E-state index contributed by atoms with van der Waals surface area (Å²) in [7, 11) is 0. The maximum atomic E-state index is 5.84. The van der Waals surface area contributed by atoms with Crippen molar-refractivity contribution in [1.29, 1.82) is 0 Å². The maximum Gasteiger partial charge on any atom is 0.0707 e. The highest BCUT2D eigenvalue weighted by atomic mass is 16.5. The molecule has 17 heavy (non-hydrogen) atoms. The summed E-state index contributed by atoms with van der Waals surface area (Å²) in [5, 5.41) is 3.56. The van der Waals surface area contributed by atoms with Crippen LogP contribution >= 0.6 is 0 Å². The van der Waals surface area contributed by atoms with Crippen LogP contribution in [0, 0.1) is 5.92 Å². The summed E-state index contributed by atoms with van der Waals surface area (Å²) in [6, 6.07) is 0. The average molecular weight is 240 g/mol. The van der Waals surface area contributed by atoms with Crippen LogP contribution in [0.5, 0.6) is 0 Å². The second-order valence-corrected chi connectivity index (χ2v) is 5.65. The Morgan fingerprint density at radius 3 is 2.65 bits per heavy atom. The van der Waals surface area contributed by atoms with Crippen molar-refractivity contribution < 1.29 is 9.47 Å². The van der Waals surface area contributed by atoms with E-state index in [2.05, 4.69) is 10.2 Å². The topological polar surface area (TPSA) is 33.7 Å². The number of nitrogens with one attached hydrogen (secondary N) is 1. The molecule has 0 saturated carbocycles. The van der Waals surface area contributed by atoms with Crippen molar-refractivity contribution in [3.63, 3.8) is 0 Å². The Balaban J connectivity index is 1.29. The molecule has 2 bridgehead atoms. The van der Waals surface area contributed by atoms with Crippen LogP contribution < -0.4 is 5.32 Å². The van der Waals surface area contributed by atoms with Gasteiger partial charge in [0.1, 0.15) is 0 Å². The number of rotatable bonds is 5. The van der Waals surface area contributed by atoms with Crippen LogP contribution in [-0.4, -0.2) is 63.0 Å². The van der Waals surface area contributed by atoms with Crippen molar-refractivity contribution in [2.24, 2.45) is 5.92 Å². The molecule has 4 heteroatoms. The number of morpholine rings is 1. The number of hydrogen-bond acceptors (Lipinski definition) is 4. The molecule has 4 nitrogen and oxygen atoms in total. The van der Waals surface area contributed by atoms with E-state index >= 15 is 0 Å². The Hall–Kier alpha value is -0.160. The van der Waals surface area contributed by atoms with Crippen molar-refractivity contribution in [3.05, 3.63) is 0 Å². The molecule has 3 aliphatic heterocycles. The van der Waals surface area contributed by atoms with Gasteiger partial charge in [0.25, 0.3) is 0 Å². The largest absolute Gasteiger partial charge is 0.381 e. The van der Waals surface area contributed by atoms with Crippen molar-refractivity contribution in [1.82, 2.24) is 10.2 Å². The molecular weight excluding hydrogens is 216 g/mol. The van der Waals surface area contributed by atoms with E-state index in [0.717, 1.165) is 45.3 Å². The van der Waals surface area contributed by atoms with E-state index in [-0.39, 0.29) is 0 Å². The zero-order valence-electron chi connectivity index (χ0n) is 10.6. The van der Waals surface area contributed by atoms with Gasteiger partial charge in [-0.05, 0) is 25.2 Å². The number of likely N-dealkylation sites (tertiary alicyclic amines) is 1. The van der Waals surface area contributed by atoms with Crippen molar-refractivity contribution in [3.8, 4) is 0 Å². The SMILES string of the molecule is C(CN1CC2CCC(C1)O2)NCC1CCOC1. The van der Waals surface area contributed by atoms with Crippen LogP contribution in [-0.2, 0) is 9.47 Å². The number of nitrogens with zero attached hydrogens (tertiary/aromatic N) is 1. The first kappa shape index (κ1) is 11.9. The third kappa shape index (κ3) is 3.19. The first-order chi connectivity index (χ1) is 8.40. The van der Waals surface area contributed by atoms with Crippen LogP contribution in [0.2, 0.25) is 0 Å². The summed E-state index contributed by atoms with van der Waals surface area (Å²) in [5.41, 5.74) is 0. The normalized spacial score (nSPS) is 37.8. The van der Waals surface area contributed by atoms with E-state index in [1.54, 1.807) is 0 Å². The lowest BCUT2D eigenvalue weighted by Crippen LogP contribution is -2.45. The minimum Gasteiger partial charge on any atom is -0.381 e. The van der Waals surface area contributed by atoms with Crippen LogP contribution in [0.25, 0.3) is 0 Å². The van der Waals surface area contributed by atoms with E-state index in [1.165, 1.54) is 25.8 Å². The predicted octanol–water partition coefficient (Wildman–Crippen LogP) is 0.476. The molecule has 0 aromatic rings. The molecule has 0 amide bonds. The molecule has 0 aromatic carbocycles. The maximum absolute atomic E-state index is 5.84. The Morgan fingerprint density at radius 1 is 1.12 bits per heavy atom. The van der Waals surface area contributed by atoms with E-state index in [1.807, 2.05) is 0 Å². The molecule has 3 unspecified atom stereocenters. The fourth-order valence-electron chi connectivity index (χ4n) is 3.17. The third-order valence-corrected chi connectivity index (χ3v) is 4.18. The first-order valence-electron chi connectivity index (χ1n) is 7.06. The van der Waals surface area contributed by atoms with Gasteiger partial charge in [0, 0.05) is 39.3 Å². The molecule has 98 valence electrons. The van der Waals surface area contributed by atoms with Gasteiger partial charge in [0.15, 0.2) is 0 Å². The third-order valence-electron chi connectivity index (χ3n) is 4.18. The summed E-state index contributed by atoms with van der Waals surface area (Å²) < 4.78 is 11.2. The van der Waals surface area contributed by atoms with Crippen LogP contribution in [0.1, 0.15) is 19.3 Å². The second-order valence-electron chi connectivity index (χ2n) is 5.65. The zero-order chi connectivity index (χ0) is 11.5. The highest BCUT2D eigenvalue weighted by Gasteiger charge is 2.33. The molecule has 1 N–H and O–H groups in total. The van der Waals surface area contributed by atoms with Gasteiger partial charge in [-0.15, -0.1) is 0 Å². The number of fused-ring (bicyclic) bond motifs is 2. The molecule has 3 atom stereocenters. The fourth-order valence-corrected chi connectivity index (χ4v) is 3.17. The van der Waals surface area contributed by atoms with Crippen LogP contribution in [0.3, 0.4) is 0 Å². The fraction of sp³-hybridized carbons (Fsp3) is 1.00. The van der Waals surface area contributed by atoms with Gasteiger partial charge in [0.2, 0.25) is 0 Å². The molecule has 3 fully saturated rings. The van der Waals surface area contributed by atoms with Crippen molar-refractivity contribution in [2.45, 2.75) is 31.5 Å². The highest BCUT2D eigenvalue weighted by Crippen LogP contribution is 2.25. The zero-order valence-corrected chi connectivity index (χ0v) is 10.6. The van der Waals surface area contributed by atoms with Gasteiger partial charge >= 0.3 is 0 Å². The van der Waals surface area contributed by atoms with Gasteiger partial charge in [-0.2, -0.15) is 0 Å². The van der Waals surface area contributed by atoms with Crippen LogP contribution in [0.15, 0.2) is 0 Å². The molecular formula is C13H24N2O2. The first-order valence-corrected chi connectivity index (χ1v) is 7.06. The van der Waals surface area contributed by atoms with Gasteiger partial charge < -0.3 is 14.8 Å². The van der Waals surface area contributed by atoms with Crippen LogP contribution in [0.4, 0.5) is 0 Å². The smallest absolute Gasteiger partial charge is 0.0707 e. The Labute approximate surface area is 104 Å². The summed E-state index contributed by atoms with van der Waals surface area (Å²) in [4.78, 5) is 2.56. The standard InChI is InChI=1S/C13H24N2O2/c1-2-13-9-15(8-12(1)17-13)5-4-14-7-11-3-6-16-10-11/h11-14H,1-10H2. The van der Waals surface area contributed by atoms with Gasteiger partial charge in [0.05, 0.1) is 18.8 Å². The van der Waals surface area contributed by atoms with E-state index in [0.29, 0.717) is 12.2 Å². The van der Waals surface area contributed by atoms with E-state index in [9.17, 15) is 0 Å². The summed E-state index contributed by atoms with van der Waals surface area (Å²) in [6.45, 7) is 7.60. The minimum absolute atomic E-state index is 0.525. The van der Waals surface area contributed by atoms with Gasteiger partial charge in [-0.25, -0.2) is 0 Å². The highest BCUT2D eigenvalue weighted by molar-refractivity contribution is 4.84. The monoisotopic (exact) mass is 240 g/mol. The minimum atomic E-state index is 0.525. The summed E-state index contributed by atoms with van der Waals surface area (Å²) >= 11 is 0. The lowest BCUT2D eigenvalue weighted by atomic mass is 10.1. The lowest BCUT2D eigenvalue weighted by molar-refractivity contribution is -0.0376. The molecule has 0 spiro atoms.